The standard InChI is InChI=1S/C17H21F3N4S/c1-21-16-23-9-15(25-16)11-24-4-2-3-12(10-24)5-13-6-14(8-22-7-13)17(18,19)20/h6-9,12H,2-5,10-11H2,1H3,(H,21,23). The van der Waals surface area contributed by atoms with Gasteiger partial charge in [0.25, 0.3) is 0 Å². The third kappa shape index (κ3) is 4.92. The molecule has 0 aromatic carbocycles. The summed E-state index contributed by atoms with van der Waals surface area (Å²) in [6.45, 7) is 2.75. The molecule has 0 aliphatic carbocycles. The molecule has 2 aromatic heterocycles. The number of hydrogen-bond donors (Lipinski definition) is 1. The Morgan fingerprint density at radius 3 is 2.88 bits per heavy atom. The fourth-order valence-electron chi connectivity index (χ4n) is 3.27. The van der Waals surface area contributed by atoms with Crippen molar-refractivity contribution >= 4 is 16.5 Å². The van der Waals surface area contributed by atoms with Gasteiger partial charge in [0.2, 0.25) is 0 Å². The van der Waals surface area contributed by atoms with Gasteiger partial charge in [-0.25, -0.2) is 4.98 Å². The number of nitrogens with zero attached hydrogens (tertiary/aromatic N) is 3. The van der Waals surface area contributed by atoms with Crippen LogP contribution in [0.1, 0.15) is 28.8 Å². The first-order valence-electron chi connectivity index (χ1n) is 8.30. The minimum Gasteiger partial charge on any atom is -0.365 e. The van der Waals surface area contributed by atoms with Gasteiger partial charge in [-0.2, -0.15) is 13.2 Å². The summed E-state index contributed by atoms with van der Waals surface area (Å²) in [5.74, 6) is 0.357. The van der Waals surface area contributed by atoms with Crippen LogP contribution in [0.2, 0.25) is 0 Å². The van der Waals surface area contributed by atoms with Gasteiger partial charge >= 0.3 is 6.18 Å². The normalized spacial score (nSPS) is 19.1. The van der Waals surface area contributed by atoms with E-state index in [2.05, 4.69) is 20.2 Å². The van der Waals surface area contributed by atoms with E-state index in [1.807, 2.05) is 13.2 Å². The van der Waals surface area contributed by atoms with E-state index in [1.54, 1.807) is 17.5 Å². The molecule has 4 nitrogen and oxygen atoms in total. The number of nitrogens with one attached hydrogen (secondary N) is 1. The molecule has 0 saturated carbocycles. The number of aromatic nitrogens is 2. The molecular weight excluding hydrogens is 349 g/mol. The monoisotopic (exact) mass is 370 g/mol. The lowest BCUT2D eigenvalue weighted by atomic mass is 9.91. The summed E-state index contributed by atoms with van der Waals surface area (Å²) < 4.78 is 38.5. The van der Waals surface area contributed by atoms with Crippen molar-refractivity contribution in [3.63, 3.8) is 0 Å². The van der Waals surface area contributed by atoms with Crippen molar-refractivity contribution < 1.29 is 13.2 Å². The molecule has 0 amide bonds. The Bertz CT molecular complexity index is 701. The van der Waals surface area contributed by atoms with Crippen molar-refractivity contribution in [2.24, 2.45) is 5.92 Å². The molecule has 1 N–H and O–H groups in total. The van der Waals surface area contributed by atoms with E-state index in [0.717, 1.165) is 43.8 Å². The first kappa shape index (κ1) is 18.1. The van der Waals surface area contributed by atoms with Crippen LogP contribution >= 0.6 is 11.3 Å². The molecule has 25 heavy (non-hydrogen) atoms. The van der Waals surface area contributed by atoms with Gasteiger partial charge in [0.05, 0.1) is 5.56 Å². The highest BCUT2D eigenvalue weighted by Gasteiger charge is 2.31. The predicted molar refractivity (Wildman–Crippen MR) is 92.6 cm³/mol. The molecule has 3 rings (SSSR count). The number of halogens is 3. The molecule has 1 fully saturated rings. The van der Waals surface area contributed by atoms with Crippen molar-refractivity contribution in [1.29, 1.82) is 0 Å². The maximum Gasteiger partial charge on any atom is 0.417 e. The van der Waals surface area contributed by atoms with Crippen LogP contribution in [0.25, 0.3) is 0 Å². The molecule has 2 aromatic rings. The van der Waals surface area contributed by atoms with Crippen LogP contribution in [0.15, 0.2) is 24.7 Å². The Labute approximate surface area is 149 Å². The second-order valence-corrected chi connectivity index (χ2v) is 7.52. The van der Waals surface area contributed by atoms with Gasteiger partial charge in [0, 0.05) is 43.6 Å². The summed E-state index contributed by atoms with van der Waals surface area (Å²) in [7, 11) is 1.85. The summed E-state index contributed by atoms with van der Waals surface area (Å²) >= 11 is 1.64. The van der Waals surface area contributed by atoms with Gasteiger partial charge in [0.1, 0.15) is 0 Å². The number of anilines is 1. The zero-order valence-electron chi connectivity index (χ0n) is 14.0. The number of rotatable bonds is 5. The van der Waals surface area contributed by atoms with E-state index < -0.39 is 11.7 Å². The SMILES string of the molecule is CNc1ncc(CN2CCCC(Cc3cncc(C(F)(F)F)c3)C2)s1. The first-order chi connectivity index (χ1) is 11.9. The van der Waals surface area contributed by atoms with Crippen molar-refractivity contribution in [2.75, 3.05) is 25.5 Å². The van der Waals surface area contributed by atoms with E-state index in [-0.39, 0.29) is 0 Å². The molecule has 0 bridgehead atoms. The minimum absolute atomic E-state index is 0.357. The third-order valence-corrected chi connectivity index (χ3v) is 5.40. The van der Waals surface area contributed by atoms with E-state index in [4.69, 9.17) is 0 Å². The molecule has 1 unspecified atom stereocenters. The summed E-state index contributed by atoms with van der Waals surface area (Å²) in [5, 5.41) is 3.94. The van der Waals surface area contributed by atoms with Crippen molar-refractivity contribution in [3.8, 4) is 0 Å². The number of thiazole rings is 1. The van der Waals surface area contributed by atoms with Gasteiger partial charge in [0.15, 0.2) is 5.13 Å². The topological polar surface area (TPSA) is 41.1 Å². The lowest BCUT2D eigenvalue weighted by molar-refractivity contribution is -0.137. The number of hydrogen-bond acceptors (Lipinski definition) is 5. The van der Waals surface area contributed by atoms with Crippen LogP contribution in [-0.4, -0.2) is 35.0 Å². The van der Waals surface area contributed by atoms with Crippen LogP contribution in [0.5, 0.6) is 0 Å². The molecule has 1 aliphatic heterocycles. The Hall–Kier alpha value is -1.67. The average molecular weight is 370 g/mol. The molecule has 8 heteroatoms. The zero-order chi connectivity index (χ0) is 17.9. The lowest BCUT2D eigenvalue weighted by Gasteiger charge is -2.32. The molecular formula is C17H21F3N4S. The van der Waals surface area contributed by atoms with Gasteiger partial charge in [-0.3, -0.25) is 9.88 Å². The van der Waals surface area contributed by atoms with E-state index in [9.17, 15) is 13.2 Å². The van der Waals surface area contributed by atoms with E-state index in [0.29, 0.717) is 17.9 Å². The molecule has 0 radical (unpaired) electrons. The quantitative estimate of drug-likeness (QED) is 0.862. The molecule has 1 atom stereocenters. The average Bonchev–Trinajstić information content (AvgIpc) is 3.02. The molecule has 3 heterocycles. The summed E-state index contributed by atoms with van der Waals surface area (Å²) in [5.41, 5.74) is -0.00106. The Kier molecular flexibility index (Phi) is 5.58. The molecule has 1 saturated heterocycles. The maximum absolute atomic E-state index is 12.8. The largest absolute Gasteiger partial charge is 0.417 e. The third-order valence-electron chi connectivity index (χ3n) is 4.40. The molecule has 136 valence electrons. The minimum atomic E-state index is -4.33. The summed E-state index contributed by atoms with van der Waals surface area (Å²) in [4.78, 5) is 11.6. The maximum atomic E-state index is 12.8. The van der Waals surface area contributed by atoms with Crippen molar-refractivity contribution in [2.45, 2.75) is 32.0 Å². The highest BCUT2D eigenvalue weighted by molar-refractivity contribution is 7.15. The van der Waals surface area contributed by atoms with Crippen LogP contribution < -0.4 is 5.32 Å². The number of likely N-dealkylation sites (tertiary alicyclic amines) is 1. The fourth-order valence-corrected chi connectivity index (χ4v) is 4.07. The summed E-state index contributed by atoms with van der Waals surface area (Å²) in [6, 6.07) is 1.23. The predicted octanol–water partition coefficient (Wildman–Crippen LogP) is 4.05. The number of piperidine rings is 1. The van der Waals surface area contributed by atoms with Crippen molar-refractivity contribution in [3.05, 3.63) is 40.7 Å². The fraction of sp³-hybridized carbons (Fsp3) is 0.529. The Balaban J connectivity index is 1.60. The second-order valence-electron chi connectivity index (χ2n) is 6.41. The second kappa shape index (κ2) is 7.70. The highest BCUT2D eigenvalue weighted by atomic mass is 32.1. The molecule has 0 spiro atoms. The highest BCUT2D eigenvalue weighted by Crippen LogP contribution is 2.30. The smallest absolute Gasteiger partial charge is 0.365 e. The Morgan fingerprint density at radius 1 is 1.32 bits per heavy atom. The van der Waals surface area contributed by atoms with Crippen LogP contribution in [0.4, 0.5) is 18.3 Å². The summed E-state index contributed by atoms with van der Waals surface area (Å²) in [6.07, 6.45) is 2.73. The van der Waals surface area contributed by atoms with Gasteiger partial charge in [-0.05, 0) is 43.4 Å². The Morgan fingerprint density at radius 2 is 2.16 bits per heavy atom. The number of alkyl halides is 3. The lowest BCUT2D eigenvalue weighted by Crippen LogP contribution is -2.35. The van der Waals surface area contributed by atoms with E-state index >= 15 is 0 Å². The zero-order valence-corrected chi connectivity index (χ0v) is 14.8. The van der Waals surface area contributed by atoms with Gasteiger partial charge in [-0.15, -0.1) is 11.3 Å². The van der Waals surface area contributed by atoms with Crippen molar-refractivity contribution in [1.82, 2.24) is 14.9 Å². The van der Waals surface area contributed by atoms with Crippen LogP contribution in [0.3, 0.4) is 0 Å². The molecule has 1 aliphatic rings. The van der Waals surface area contributed by atoms with E-state index in [1.165, 1.54) is 10.9 Å². The van der Waals surface area contributed by atoms with Crippen LogP contribution in [0, 0.1) is 5.92 Å². The van der Waals surface area contributed by atoms with Gasteiger partial charge < -0.3 is 5.32 Å². The first-order valence-corrected chi connectivity index (χ1v) is 9.11. The number of pyridine rings is 1. The van der Waals surface area contributed by atoms with Gasteiger partial charge in [-0.1, -0.05) is 0 Å². The van der Waals surface area contributed by atoms with Crippen LogP contribution in [-0.2, 0) is 19.1 Å².